The third-order valence-corrected chi connectivity index (χ3v) is 3.30. The molecule has 17 heavy (non-hydrogen) atoms. The van der Waals surface area contributed by atoms with Gasteiger partial charge in [-0.1, -0.05) is 0 Å². The number of hydrogen-bond donors (Lipinski definition) is 2. The molecule has 4 heteroatoms. The van der Waals surface area contributed by atoms with Gasteiger partial charge in [-0.2, -0.15) is 0 Å². The average molecular weight is 230 g/mol. The first-order chi connectivity index (χ1) is 8.28. The molecule has 3 rings (SSSR count). The first-order valence-corrected chi connectivity index (χ1v) is 5.75. The number of amides is 1. The van der Waals surface area contributed by atoms with Crippen LogP contribution in [0.25, 0.3) is 10.9 Å². The highest BCUT2D eigenvalue weighted by atomic mass is 16.3. The SMILES string of the molecule is O=C(c1ccc2[nH]ccc2c1)N1CC(CO)C1. The number of hydrogen-bond acceptors (Lipinski definition) is 2. The van der Waals surface area contributed by atoms with Crippen molar-refractivity contribution in [1.82, 2.24) is 9.88 Å². The van der Waals surface area contributed by atoms with Crippen molar-refractivity contribution >= 4 is 16.8 Å². The minimum absolute atomic E-state index is 0.0535. The Kier molecular flexibility index (Phi) is 2.37. The summed E-state index contributed by atoms with van der Waals surface area (Å²) in [6.45, 7) is 1.50. The van der Waals surface area contributed by atoms with E-state index in [0.717, 1.165) is 10.9 Å². The van der Waals surface area contributed by atoms with Crippen LogP contribution in [0.15, 0.2) is 30.5 Å². The van der Waals surface area contributed by atoms with Gasteiger partial charge in [0.1, 0.15) is 0 Å². The van der Waals surface area contributed by atoms with E-state index in [1.54, 1.807) is 4.90 Å². The van der Waals surface area contributed by atoms with Crippen LogP contribution >= 0.6 is 0 Å². The number of aromatic nitrogens is 1. The van der Waals surface area contributed by atoms with Crippen molar-refractivity contribution in [2.45, 2.75) is 0 Å². The molecule has 2 heterocycles. The summed E-state index contributed by atoms with van der Waals surface area (Å²) in [6.07, 6.45) is 1.87. The minimum atomic E-state index is 0.0535. The molecule has 1 saturated heterocycles. The van der Waals surface area contributed by atoms with E-state index in [9.17, 15) is 4.79 Å². The van der Waals surface area contributed by atoms with Crippen LogP contribution in [0.1, 0.15) is 10.4 Å². The molecule has 0 atom stereocenters. The molecule has 1 aliphatic heterocycles. The van der Waals surface area contributed by atoms with E-state index >= 15 is 0 Å². The number of rotatable bonds is 2. The van der Waals surface area contributed by atoms with E-state index in [-0.39, 0.29) is 18.4 Å². The first kappa shape index (κ1) is 10.4. The lowest BCUT2D eigenvalue weighted by molar-refractivity contribution is 0.0362. The van der Waals surface area contributed by atoms with E-state index in [2.05, 4.69) is 4.98 Å². The Bertz CT molecular complexity index is 555. The van der Waals surface area contributed by atoms with Gasteiger partial charge in [-0.25, -0.2) is 0 Å². The Hall–Kier alpha value is -1.81. The summed E-state index contributed by atoms with van der Waals surface area (Å²) in [5.74, 6) is 0.313. The number of aromatic amines is 1. The van der Waals surface area contributed by atoms with Crippen molar-refractivity contribution < 1.29 is 9.90 Å². The van der Waals surface area contributed by atoms with Gasteiger partial charge in [0, 0.05) is 48.3 Å². The Morgan fingerprint density at radius 2 is 2.24 bits per heavy atom. The zero-order valence-corrected chi connectivity index (χ0v) is 9.39. The molecule has 2 aromatic rings. The van der Waals surface area contributed by atoms with Gasteiger partial charge < -0.3 is 15.0 Å². The monoisotopic (exact) mass is 230 g/mol. The Balaban J connectivity index is 1.81. The number of carbonyl (C=O) groups is 1. The fourth-order valence-corrected chi connectivity index (χ4v) is 2.22. The summed E-state index contributed by atoms with van der Waals surface area (Å²) in [5, 5.41) is 9.98. The van der Waals surface area contributed by atoms with E-state index < -0.39 is 0 Å². The zero-order chi connectivity index (χ0) is 11.8. The van der Waals surface area contributed by atoms with Crippen LogP contribution in [-0.2, 0) is 0 Å². The van der Waals surface area contributed by atoms with Crippen LogP contribution in [0.2, 0.25) is 0 Å². The predicted molar refractivity (Wildman–Crippen MR) is 64.8 cm³/mol. The fraction of sp³-hybridized carbons (Fsp3) is 0.308. The second-order valence-corrected chi connectivity index (χ2v) is 4.54. The first-order valence-electron chi connectivity index (χ1n) is 5.75. The number of benzene rings is 1. The number of fused-ring (bicyclic) bond motifs is 1. The molecule has 0 unspecified atom stereocenters. The predicted octanol–water partition coefficient (Wildman–Crippen LogP) is 1.23. The molecule has 1 aliphatic rings. The summed E-state index contributed by atoms with van der Waals surface area (Å²) < 4.78 is 0. The lowest BCUT2D eigenvalue weighted by Gasteiger charge is -2.38. The standard InChI is InChI=1S/C13H14N2O2/c16-8-9-6-15(7-9)13(17)11-1-2-12-10(5-11)3-4-14-12/h1-5,9,14,16H,6-8H2. The molecular formula is C13H14N2O2. The normalized spacial score (nSPS) is 16.2. The maximum Gasteiger partial charge on any atom is 0.253 e. The van der Waals surface area contributed by atoms with Gasteiger partial charge in [-0.3, -0.25) is 4.79 Å². The lowest BCUT2D eigenvalue weighted by atomic mass is 9.99. The molecule has 1 fully saturated rings. The summed E-state index contributed by atoms with van der Waals surface area (Å²) in [5.41, 5.74) is 1.76. The van der Waals surface area contributed by atoms with Gasteiger partial charge >= 0.3 is 0 Å². The number of likely N-dealkylation sites (tertiary alicyclic amines) is 1. The number of nitrogens with zero attached hydrogens (tertiary/aromatic N) is 1. The second-order valence-electron chi connectivity index (χ2n) is 4.54. The molecule has 2 N–H and O–H groups in total. The molecule has 0 spiro atoms. The Labute approximate surface area is 98.9 Å². The molecule has 1 aromatic carbocycles. The molecule has 0 radical (unpaired) electrons. The minimum Gasteiger partial charge on any atom is -0.396 e. The van der Waals surface area contributed by atoms with E-state index in [1.807, 2.05) is 30.5 Å². The third kappa shape index (κ3) is 1.70. The third-order valence-electron chi connectivity index (χ3n) is 3.30. The summed E-state index contributed by atoms with van der Waals surface area (Å²) >= 11 is 0. The molecular weight excluding hydrogens is 216 g/mol. The van der Waals surface area contributed by atoms with Crippen LogP contribution in [0.3, 0.4) is 0 Å². The maximum atomic E-state index is 12.1. The van der Waals surface area contributed by atoms with E-state index in [4.69, 9.17) is 5.11 Å². The fourth-order valence-electron chi connectivity index (χ4n) is 2.22. The van der Waals surface area contributed by atoms with Gasteiger partial charge in [0.15, 0.2) is 0 Å². The molecule has 0 saturated carbocycles. The number of aliphatic hydroxyl groups is 1. The maximum absolute atomic E-state index is 12.1. The lowest BCUT2D eigenvalue weighted by Crippen LogP contribution is -2.51. The van der Waals surface area contributed by atoms with Crippen LogP contribution < -0.4 is 0 Å². The number of carbonyl (C=O) groups excluding carboxylic acids is 1. The summed E-state index contributed by atoms with van der Waals surface area (Å²) in [7, 11) is 0. The number of H-pyrrole nitrogens is 1. The van der Waals surface area contributed by atoms with Crippen molar-refractivity contribution in [3.63, 3.8) is 0 Å². The van der Waals surface area contributed by atoms with Gasteiger partial charge in [-0.05, 0) is 24.3 Å². The second kappa shape index (κ2) is 3.89. The molecule has 0 aliphatic carbocycles. The smallest absolute Gasteiger partial charge is 0.253 e. The topological polar surface area (TPSA) is 56.3 Å². The van der Waals surface area contributed by atoms with Gasteiger partial charge in [0.25, 0.3) is 5.91 Å². The molecule has 0 bridgehead atoms. The van der Waals surface area contributed by atoms with Crippen LogP contribution in [0, 0.1) is 5.92 Å². The van der Waals surface area contributed by atoms with Gasteiger partial charge in [-0.15, -0.1) is 0 Å². The summed E-state index contributed by atoms with van der Waals surface area (Å²) in [6, 6.07) is 7.62. The number of aliphatic hydroxyl groups excluding tert-OH is 1. The van der Waals surface area contributed by atoms with Crippen molar-refractivity contribution in [2.75, 3.05) is 19.7 Å². The van der Waals surface area contributed by atoms with Crippen LogP contribution in [-0.4, -0.2) is 40.6 Å². The van der Waals surface area contributed by atoms with E-state index in [0.29, 0.717) is 18.7 Å². The van der Waals surface area contributed by atoms with E-state index in [1.165, 1.54) is 0 Å². The van der Waals surface area contributed by atoms with Crippen LogP contribution in [0.5, 0.6) is 0 Å². The molecule has 4 nitrogen and oxygen atoms in total. The van der Waals surface area contributed by atoms with Gasteiger partial charge in [0.2, 0.25) is 0 Å². The largest absolute Gasteiger partial charge is 0.396 e. The Morgan fingerprint density at radius 3 is 3.00 bits per heavy atom. The highest BCUT2D eigenvalue weighted by molar-refractivity contribution is 5.98. The number of nitrogens with one attached hydrogen (secondary N) is 1. The van der Waals surface area contributed by atoms with Crippen molar-refractivity contribution in [1.29, 1.82) is 0 Å². The molecule has 88 valence electrons. The average Bonchev–Trinajstić information content (AvgIpc) is 2.74. The zero-order valence-electron chi connectivity index (χ0n) is 9.39. The molecule has 1 aromatic heterocycles. The van der Waals surface area contributed by atoms with Gasteiger partial charge in [0.05, 0.1) is 0 Å². The summed E-state index contributed by atoms with van der Waals surface area (Å²) in [4.78, 5) is 17.0. The van der Waals surface area contributed by atoms with Crippen LogP contribution in [0.4, 0.5) is 0 Å². The Morgan fingerprint density at radius 1 is 1.41 bits per heavy atom. The van der Waals surface area contributed by atoms with Crippen molar-refractivity contribution in [2.24, 2.45) is 5.92 Å². The highest BCUT2D eigenvalue weighted by Crippen LogP contribution is 2.20. The van der Waals surface area contributed by atoms with Crippen molar-refractivity contribution in [3.8, 4) is 0 Å². The quantitative estimate of drug-likeness (QED) is 0.815. The van der Waals surface area contributed by atoms with Crippen molar-refractivity contribution in [3.05, 3.63) is 36.0 Å². The molecule has 1 amide bonds. The highest BCUT2D eigenvalue weighted by Gasteiger charge is 2.30.